The molecule has 0 spiro atoms. The van der Waals surface area contributed by atoms with Gasteiger partial charge in [-0.25, -0.2) is 13.5 Å². The Bertz CT molecular complexity index is 714. The molecule has 0 bridgehead atoms. The van der Waals surface area contributed by atoms with E-state index in [1.807, 2.05) is 0 Å². The van der Waals surface area contributed by atoms with Gasteiger partial charge in [-0.3, -0.25) is 4.79 Å². The number of hydrogen-bond donors (Lipinski definition) is 1. The molecule has 1 atom stereocenters. The summed E-state index contributed by atoms with van der Waals surface area (Å²) < 4.78 is 38.3. The van der Waals surface area contributed by atoms with Crippen LogP contribution in [0.1, 0.15) is 23.3 Å². The molecule has 1 fully saturated rings. The molecule has 1 unspecified atom stereocenters. The standard InChI is InChI=1S/C16H17F2N3O3/c17-11-3-4-15(13(18)8-11)24-10-21-6-5-14(20-21)16(22)19-9-12-2-1-7-23-12/h3-6,8,12H,1-2,7,9-10H2,(H,19,22). The highest BCUT2D eigenvalue weighted by Crippen LogP contribution is 2.18. The first-order chi connectivity index (χ1) is 11.6. The van der Waals surface area contributed by atoms with Crippen LogP contribution >= 0.6 is 0 Å². The van der Waals surface area contributed by atoms with Crippen LogP contribution < -0.4 is 10.1 Å². The van der Waals surface area contributed by atoms with Crippen LogP contribution in [0.15, 0.2) is 30.5 Å². The second-order valence-corrected chi connectivity index (χ2v) is 5.43. The summed E-state index contributed by atoms with van der Waals surface area (Å²) in [4.78, 5) is 12.0. The first kappa shape index (κ1) is 16.4. The van der Waals surface area contributed by atoms with Crippen molar-refractivity contribution in [3.8, 4) is 5.75 Å². The van der Waals surface area contributed by atoms with Crippen molar-refractivity contribution in [2.24, 2.45) is 0 Å². The van der Waals surface area contributed by atoms with Gasteiger partial charge in [-0.05, 0) is 31.0 Å². The molecule has 1 aliphatic rings. The molecule has 1 saturated heterocycles. The number of benzene rings is 1. The predicted octanol–water partition coefficient (Wildman–Crippen LogP) is 2.11. The Kier molecular flexibility index (Phi) is 5.05. The van der Waals surface area contributed by atoms with E-state index in [0.717, 1.165) is 31.6 Å². The Hall–Kier alpha value is -2.48. The summed E-state index contributed by atoms with van der Waals surface area (Å²) in [5, 5.41) is 6.82. The van der Waals surface area contributed by atoms with Crippen molar-refractivity contribution in [1.29, 1.82) is 0 Å². The molecule has 1 amide bonds. The SMILES string of the molecule is O=C(NCC1CCCO1)c1ccn(COc2ccc(F)cc2F)n1. The predicted molar refractivity (Wildman–Crippen MR) is 80.5 cm³/mol. The van der Waals surface area contributed by atoms with E-state index in [2.05, 4.69) is 10.4 Å². The number of hydrogen-bond acceptors (Lipinski definition) is 4. The van der Waals surface area contributed by atoms with Gasteiger partial charge >= 0.3 is 0 Å². The number of halogens is 2. The summed E-state index contributed by atoms with van der Waals surface area (Å²) in [6.45, 7) is 1.08. The molecule has 6 nitrogen and oxygen atoms in total. The maximum Gasteiger partial charge on any atom is 0.271 e. The Morgan fingerprint density at radius 2 is 2.29 bits per heavy atom. The van der Waals surface area contributed by atoms with Crippen molar-refractivity contribution in [2.75, 3.05) is 13.2 Å². The van der Waals surface area contributed by atoms with E-state index in [9.17, 15) is 13.6 Å². The minimum absolute atomic E-state index is 0.0563. The second-order valence-electron chi connectivity index (χ2n) is 5.43. The second kappa shape index (κ2) is 7.39. The van der Waals surface area contributed by atoms with Crippen LogP contribution in [0, 0.1) is 11.6 Å². The fourth-order valence-electron chi connectivity index (χ4n) is 2.39. The van der Waals surface area contributed by atoms with E-state index in [4.69, 9.17) is 9.47 Å². The molecule has 3 rings (SSSR count). The molecule has 128 valence electrons. The van der Waals surface area contributed by atoms with Gasteiger partial charge in [-0.1, -0.05) is 0 Å². The van der Waals surface area contributed by atoms with E-state index in [-0.39, 0.29) is 30.2 Å². The quantitative estimate of drug-likeness (QED) is 0.877. The molecule has 1 aliphatic heterocycles. The van der Waals surface area contributed by atoms with Crippen LogP contribution in [0.4, 0.5) is 8.78 Å². The summed E-state index contributed by atoms with van der Waals surface area (Å²) in [7, 11) is 0. The summed E-state index contributed by atoms with van der Waals surface area (Å²) in [5.41, 5.74) is 0.233. The molecule has 0 saturated carbocycles. The van der Waals surface area contributed by atoms with Gasteiger partial charge in [0.25, 0.3) is 5.91 Å². The summed E-state index contributed by atoms with van der Waals surface area (Å²) >= 11 is 0. The van der Waals surface area contributed by atoms with Crippen LogP contribution in [0.2, 0.25) is 0 Å². The molecule has 1 aromatic heterocycles. The Morgan fingerprint density at radius 3 is 3.04 bits per heavy atom. The average Bonchev–Trinajstić information content (AvgIpc) is 3.23. The van der Waals surface area contributed by atoms with E-state index < -0.39 is 11.6 Å². The maximum atomic E-state index is 13.5. The zero-order valence-corrected chi connectivity index (χ0v) is 12.9. The van der Waals surface area contributed by atoms with E-state index in [1.165, 1.54) is 16.8 Å². The maximum absolute atomic E-state index is 13.5. The van der Waals surface area contributed by atoms with Gasteiger partial charge < -0.3 is 14.8 Å². The van der Waals surface area contributed by atoms with Crippen LogP contribution in [0.25, 0.3) is 0 Å². The lowest BCUT2D eigenvalue weighted by atomic mass is 10.2. The Morgan fingerprint density at radius 1 is 1.42 bits per heavy atom. The van der Waals surface area contributed by atoms with Crippen LogP contribution in [-0.4, -0.2) is 34.9 Å². The first-order valence-electron chi connectivity index (χ1n) is 7.63. The summed E-state index contributed by atoms with van der Waals surface area (Å²) in [6.07, 6.45) is 3.54. The molecular formula is C16H17F2N3O3. The minimum atomic E-state index is -0.795. The van der Waals surface area contributed by atoms with Crippen LogP contribution in [-0.2, 0) is 11.5 Å². The highest BCUT2D eigenvalue weighted by atomic mass is 19.1. The van der Waals surface area contributed by atoms with Crippen molar-refractivity contribution in [3.05, 3.63) is 47.8 Å². The van der Waals surface area contributed by atoms with E-state index in [0.29, 0.717) is 6.54 Å². The first-order valence-corrected chi connectivity index (χ1v) is 7.63. The van der Waals surface area contributed by atoms with E-state index in [1.54, 1.807) is 6.20 Å². The number of ether oxygens (including phenoxy) is 2. The molecule has 2 aromatic rings. The van der Waals surface area contributed by atoms with Gasteiger partial charge in [0, 0.05) is 25.4 Å². The zero-order chi connectivity index (χ0) is 16.9. The Labute approximate surface area is 137 Å². The number of amides is 1. The third kappa shape index (κ3) is 4.08. The number of nitrogens with one attached hydrogen (secondary N) is 1. The third-order valence-corrected chi connectivity index (χ3v) is 3.63. The normalized spacial score (nSPS) is 17.0. The molecule has 0 radical (unpaired) electrons. The molecule has 2 heterocycles. The topological polar surface area (TPSA) is 65.4 Å². The van der Waals surface area contributed by atoms with Crippen molar-refractivity contribution < 1.29 is 23.0 Å². The monoisotopic (exact) mass is 337 g/mol. The third-order valence-electron chi connectivity index (χ3n) is 3.63. The number of aromatic nitrogens is 2. The smallest absolute Gasteiger partial charge is 0.271 e. The number of nitrogens with zero attached hydrogens (tertiary/aromatic N) is 2. The highest BCUT2D eigenvalue weighted by Gasteiger charge is 2.17. The van der Waals surface area contributed by atoms with Gasteiger partial charge in [-0.2, -0.15) is 5.10 Å². The highest BCUT2D eigenvalue weighted by molar-refractivity contribution is 5.92. The zero-order valence-electron chi connectivity index (χ0n) is 12.9. The van der Waals surface area contributed by atoms with Crippen LogP contribution in [0.5, 0.6) is 5.75 Å². The fourth-order valence-corrected chi connectivity index (χ4v) is 2.39. The van der Waals surface area contributed by atoms with Crippen molar-refractivity contribution in [1.82, 2.24) is 15.1 Å². The van der Waals surface area contributed by atoms with Gasteiger partial charge in [0.1, 0.15) is 11.5 Å². The molecule has 8 heteroatoms. The molecular weight excluding hydrogens is 320 g/mol. The Balaban J connectivity index is 1.51. The van der Waals surface area contributed by atoms with Crippen LogP contribution in [0.3, 0.4) is 0 Å². The number of carbonyl (C=O) groups is 1. The lowest BCUT2D eigenvalue weighted by molar-refractivity contribution is 0.0852. The van der Waals surface area contributed by atoms with Gasteiger partial charge in [0.15, 0.2) is 18.3 Å². The molecule has 1 aromatic carbocycles. The van der Waals surface area contributed by atoms with Gasteiger partial charge in [-0.15, -0.1) is 0 Å². The number of rotatable bonds is 6. The van der Waals surface area contributed by atoms with Crippen molar-refractivity contribution >= 4 is 5.91 Å². The fraction of sp³-hybridized carbons (Fsp3) is 0.375. The van der Waals surface area contributed by atoms with Crippen molar-refractivity contribution in [2.45, 2.75) is 25.7 Å². The molecule has 24 heavy (non-hydrogen) atoms. The van der Waals surface area contributed by atoms with Gasteiger partial charge in [0.05, 0.1) is 6.10 Å². The lowest BCUT2D eigenvalue weighted by Crippen LogP contribution is -2.32. The van der Waals surface area contributed by atoms with E-state index >= 15 is 0 Å². The molecule has 1 N–H and O–H groups in total. The van der Waals surface area contributed by atoms with Gasteiger partial charge in [0.2, 0.25) is 0 Å². The lowest BCUT2D eigenvalue weighted by Gasteiger charge is -2.09. The summed E-state index contributed by atoms with van der Waals surface area (Å²) in [6, 6.07) is 4.58. The molecule has 0 aliphatic carbocycles. The number of carbonyl (C=O) groups excluding carboxylic acids is 1. The average molecular weight is 337 g/mol. The van der Waals surface area contributed by atoms with Crippen molar-refractivity contribution in [3.63, 3.8) is 0 Å². The largest absolute Gasteiger partial charge is 0.468 e. The summed E-state index contributed by atoms with van der Waals surface area (Å²) in [5.74, 6) is -1.87. The minimum Gasteiger partial charge on any atom is -0.468 e.